The second-order valence-electron chi connectivity index (χ2n) is 8.19. The van der Waals surface area contributed by atoms with E-state index in [1.54, 1.807) is 42.6 Å². The lowest BCUT2D eigenvalue weighted by Crippen LogP contribution is -2.37. The van der Waals surface area contributed by atoms with Gasteiger partial charge in [0.1, 0.15) is 11.8 Å². The maximum atomic E-state index is 13.3. The van der Waals surface area contributed by atoms with Crippen molar-refractivity contribution in [1.82, 2.24) is 5.32 Å². The number of carbonyl (C=O) groups is 2. The van der Waals surface area contributed by atoms with Crippen molar-refractivity contribution in [2.45, 2.75) is 20.8 Å². The number of aryl methyl sites for hydroxylation is 1. The van der Waals surface area contributed by atoms with Crippen molar-refractivity contribution in [2.75, 3.05) is 23.0 Å². The van der Waals surface area contributed by atoms with Crippen LogP contribution in [0.1, 0.15) is 29.8 Å². The van der Waals surface area contributed by atoms with Crippen LogP contribution >= 0.6 is 0 Å². The van der Waals surface area contributed by atoms with Gasteiger partial charge in [-0.25, -0.2) is 0 Å². The number of rotatable bonds is 7. The van der Waals surface area contributed by atoms with Crippen LogP contribution in [-0.4, -0.2) is 37.0 Å². The highest BCUT2D eigenvalue weighted by atomic mass is 16.2. The highest BCUT2D eigenvalue weighted by molar-refractivity contribution is 6.27. The Morgan fingerprint density at radius 2 is 1.69 bits per heavy atom. The second-order valence-corrected chi connectivity index (χ2v) is 8.19. The van der Waals surface area contributed by atoms with Crippen molar-refractivity contribution < 1.29 is 9.59 Å². The van der Waals surface area contributed by atoms with Gasteiger partial charge in [0.25, 0.3) is 11.8 Å². The van der Waals surface area contributed by atoms with Crippen LogP contribution < -0.4 is 15.2 Å². The summed E-state index contributed by atoms with van der Waals surface area (Å²) in [6, 6.07) is 24.1. The molecule has 0 saturated carbocycles. The van der Waals surface area contributed by atoms with Crippen molar-refractivity contribution in [3.63, 3.8) is 0 Å². The van der Waals surface area contributed by atoms with Gasteiger partial charge in [0.2, 0.25) is 0 Å². The number of hydrogen-bond acceptors (Lipinski definition) is 5. The predicted octanol–water partition coefficient (Wildman–Crippen LogP) is 4.95. The summed E-state index contributed by atoms with van der Waals surface area (Å²) in [5.74, 6) is -1.18. The molecule has 0 fully saturated rings. The largest absolute Gasteiger partial charge is 0.372 e. The fourth-order valence-electron chi connectivity index (χ4n) is 3.96. The van der Waals surface area contributed by atoms with E-state index >= 15 is 0 Å². The van der Waals surface area contributed by atoms with Gasteiger partial charge >= 0.3 is 0 Å². The molecule has 0 radical (unpaired) electrons. The lowest BCUT2D eigenvalue weighted by Gasteiger charge is -2.21. The topological polar surface area (TPSA) is 77.4 Å². The van der Waals surface area contributed by atoms with Crippen molar-refractivity contribution in [3.8, 4) is 0 Å². The average Bonchev–Trinajstić information content (AvgIpc) is 3.20. The average molecular weight is 468 g/mol. The van der Waals surface area contributed by atoms with Gasteiger partial charge in [-0.2, -0.15) is 10.1 Å². The van der Waals surface area contributed by atoms with Crippen molar-refractivity contribution >= 4 is 40.9 Å². The number of amides is 2. The number of para-hydroxylation sites is 1. The van der Waals surface area contributed by atoms with Crippen LogP contribution in [0.4, 0.5) is 17.1 Å². The van der Waals surface area contributed by atoms with E-state index in [-0.39, 0.29) is 17.6 Å². The quantitative estimate of drug-likeness (QED) is 0.500. The molecule has 0 aromatic heterocycles. The minimum atomic E-state index is -0.815. The summed E-state index contributed by atoms with van der Waals surface area (Å²) < 4.78 is 0. The monoisotopic (exact) mass is 467 g/mol. The zero-order chi connectivity index (χ0) is 24.8. The summed E-state index contributed by atoms with van der Waals surface area (Å²) in [5.41, 5.74) is 4.01. The van der Waals surface area contributed by atoms with Gasteiger partial charge in [0, 0.05) is 30.6 Å². The molecule has 0 spiro atoms. The Morgan fingerprint density at radius 3 is 2.31 bits per heavy atom. The molecule has 178 valence electrons. The Balaban J connectivity index is 1.62. The number of hydrazone groups is 1. The molecule has 1 heterocycles. The molecule has 1 N–H and O–H groups in total. The Kier molecular flexibility index (Phi) is 7.35. The second kappa shape index (κ2) is 10.8. The first-order valence-electron chi connectivity index (χ1n) is 11.8. The third-order valence-corrected chi connectivity index (χ3v) is 5.93. The maximum Gasteiger partial charge on any atom is 0.263 e. The minimum absolute atomic E-state index is 0.244. The number of benzene rings is 3. The van der Waals surface area contributed by atoms with Crippen LogP contribution in [0.15, 0.2) is 89.0 Å². The van der Waals surface area contributed by atoms with Gasteiger partial charge in [-0.1, -0.05) is 36.4 Å². The third kappa shape index (κ3) is 5.30. The highest BCUT2D eigenvalue weighted by Gasteiger charge is 2.37. The van der Waals surface area contributed by atoms with Gasteiger partial charge < -0.3 is 10.2 Å². The minimum Gasteiger partial charge on any atom is -0.372 e. The molecular weight excluding hydrogens is 438 g/mol. The predicted molar refractivity (Wildman–Crippen MR) is 142 cm³/mol. The molecular formula is C28H29N5O2. The van der Waals surface area contributed by atoms with E-state index in [9.17, 15) is 9.59 Å². The number of nitrogens with zero attached hydrogens (tertiary/aromatic N) is 4. The molecule has 1 atom stereocenters. The normalized spacial score (nSPS) is 15.4. The Labute approximate surface area is 205 Å². The first kappa shape index (κ1) is 23.9. The molecule has 3 aromatic rings. The van der Waals surface area contributed by atoms with Crippen LogP contribution in [0.5, 0.6) is 0 Å². The van der Waals surface area contributed by atoms with Crippen LogP contribution in [0, 0.1) is 12.8 Å². The number of nitrogens with one attached hydrogen (secondary N) is 1. The van der Waals surface area contributed by atoms with E-state index in [1.807, 2.05) is 43.3 Å². The molecule has 7 nitrogen and oxygen atoms in total. The van der Waals surface area contributed by atoms with Crippen LogP contribution in [0.2, 0.25) is 0 Å². The Bertz CT molecular complexity index is 1250. The van der Waals surface area contributed by atoms with E-state index in [1.165, 1.54) is 5.01 Å². The van der Waals surface area contributed by atoms with Crippen molar-refractivity contribution in [2.24, 2.45) is 16.0 Å². The molecule has 0 aliphatic carbocycles. The van der Waals surface area contributed by atoms with Crippen LogP contribution in [0.25, 0.3) is 0 Å². The summed E-state index contributed by atoms with van der Waals surface area (Å²) in [6.07, 6.45) is 1.56. The highest BCUT2D eigenvalue weighted by Crippen LogP contribution is 2.27. The number of carbonyl (C=O) groups excluding carboxylic acids is 2. The van der Waals surface area contributed by atoms with Crippen LogP contribution in [0.3, 0.4) is 0 Å². The van der Waals surface area contributed by atoms with E-state index in [2.05, 4.69) is 40.2 Å². The molecule has 35 heavy (non-hydrogen) atoms. The van der Waals surface area contributed by atoms with E-state index in [0.29, 0.717) is 11.3 Å². The van der Waals surface area contributed by atoms with Gasteiger partial charge in [-0.15, -0.1) is 0 Å². The molecule has 1 aliphatic rings. The standard InChI is InChI=1S/C28H29N5O2/c1-4-32(5-2)23-16-17-25(20(3)18-23)29-19-24-26(30-27(34)21-12-8-6-9-13-21)31-33(28(24)35)22-14-10-7-11-15-22/h6-19,24H,4-5H2,1-3H3,(H,30,31,34). The molecule has 0 saturated heterocycles. The SMILES string of the molecule is CCN(CC)c1ccc(N=CC2C(=O)N(c3ccccc3)N=C2NC(=O)c2ccccc2)c(C)c1. The zero-order valence-electron chi connectivity index (χ0n) is 20.2. The summed E-state index contributed by atoms with van der Waals surface area (Å²) in [7, 11) is 0. The van der Waals surface area contributed by atoms with E-state index in [4.69, 9.17) is 0 Å². The van der Waals surface area contributed by atoms with Gasteiger partial charge in [0.15, 0.2) is 0 Å². The van der Waals surface area contributed by atoms with E-state index < -0.39 is 5.92 Å². The molecule has 3 aromatic carbocycles. The zero-order valence-corrected chi connectivity index (χ0v) is 20.2. The fraction of sp³-hybridized carbons (Fsp3) is 0.214. The maximum absolute atomic E-state index is 13.3. The summed E-state index contributed by atoms with van der Waals surface area (Å²) >= 11 is 0. The number of aliphatic imine (C=N–C) groups is 1. The number of amidine groups is 1. The van der Waals surface area contributed by atoms with Gasteiger partial charge in [-0.3, -0.25) is 14.6 Å². The first-order valence-corrected chi connectivity index (χ1v) is 11.8. The summed E-state index contributed by atoms with van der Waals surface area (Å²) in [6.45, 7) is 8.09. The molecule has 1 unspecified atom stereocenters. The molecule has 2 amide bonds. The lowest BCUT2D eigenvalue weighted by atomic mass is 10.1. The molecule has 4 rings (SSSR count). The summed E-state index contributed by atoms with van der Waals surface area (Å²) in [5, 5.41) is 8.58. The summed E-state index contributed by atoms with van der Waals surface area (Å²) in [4.78, 5) is 33.0. The van der Waals surface area contributed by atoms with Crippen molar-refractivity contribution in [3.05, 3.63) is 90.0 Å². The van der Waals surface area contributed by atoms with E-state index in [0.717, 1.165) is 30.0 Å². The lowest BCUT2D eigenvalue weighted by molar-refractivity contribution is -0.118. The smallest absolute Gasteiger partial charge is 0.263 e. The van der Waals surface area contributed by atoms with Gasteiger partial charge in [-0.05, 0) is 68.8 Å². The van der Waals surface area contributed by atoms with Crippen molar-refractivity contribution in [1.29, 1.82) is 0 Å². The third-order valence-electron chi connectivity index (χ3n) is 5.93. The Morgan fingerprint density at radius 1 is 1.03 bits per heavy atom. The fourth-order valence-corrected chi connectivity index (χ4v) is 3.96. The molecule has 0 bridgehead atoms. The van der Waals surface area contributed by atoms with Gasteiger partial charge in [0.05, 0.1) is 11.4 Å². The number of hydrogen-bond donors (Lipinski definition) is 1. The number of anilines is 2. The molecule has 7 heteroatoms. The van der Waals surface area contributed by atoms with Crippen LogP contribution in [-0.2, 0) is 4.79 Å². The first-order chi connectivity index (χ1) is 17.0. The Hall–Kier alpha value is -4.26. The molecule has 1 aliphatic heterocycles.